The Balaban J connectivity index is 2.16. The predicted octanol–water partition coefficient (Wildman–Crippen LogP) is 3.77. The summed E-state index contributed by atoms with van der Waals surface area (Å²) in [5.41, 5.74) is 7.38. The van der Waals surface area contributed by atoms with E-state index >= 15 is 0 Å². The molecule has 3 N–H and O–H groups in total. The van der Waals surface area contributed by atoms with Crippen molar-refractivity contribution in [1.82, 2.24) is 0 Å². The highest BCUT2D eigenvalue weighted by Gasteiger charge is 2.13. The van der Waals surface area contributed by atoms with Gasteiger partial charge < -0.3 is 15.8 Å². The summed E-state index contributed by atoms with van der Waals surface area (Å²) in [6, 6.07) is 8.92. The number of benzene rings is 1. The number of thiophene rings is 1. The quantitative estimate of drug-likeness (QED) is 0.651. The normalized spacial score (nSPS) is 10.3. The van der Waals surface area contributed by atoms with Gasteiger partial charge in [0.05, 0.1) is 16.5 Å². The number of carbonyl (C=O) groups excluding carboxylic acids is 1. The number of ether oxygens (including phenoxy) is 1. The van der Waals surface area contributed by atoms with Crippen molar-refractivity contribution in [2.24, 2.45) is 0 Å². The van der Waals surface area contributed by atoms with Crippen molar-refractivity contribution < 1.29 is 9.53 Å². The van der Waals surface area contributed by atoms with Gasteiger partial charge in [0.25, 0.3) is 0 Å². The van der Waals surface area contributed by atoms with Crippen LogP contribution in [0.2, 0.25) is 4.34 Å². The molecule has 20 heavy (non-hydrogen) atoms. The molecule has 0 saturated heterocycles. The van der Waals surface area contributed by atoms with Crippen LogP contribution in [-0.2, 0) is 11.3 Å². The molecule has 0 aliphatic rings. The summed E-state index contributed by atoms with van der Waals surface area (Å²) in [5, 5.41) is 3.20. The average Bonchev–Trinajstić information content (AvgIpc) is 2.83. The van der Waals surface area contributed by atoms with Crippen molar-refractivity contribution in [2.45, 2.75) is 13.5 Å². The molecule has 2 aromatic rings. The Morgan fingerprint density at radius 1 is 1.40 bits per heavy atom. The molecule has 0 fully saturated rings. The minimum absolute atomic E-state index is 0.327. The van der Waals surface area contributed by atoms with Crippen LogP contribution < -0.4 is 11.1 Å². The van der Waals surface area contributed by atoms with Crippen molar-refractivity contribution in [3.63, 3.8) is 0 Å². The molecule has 2 rings (SSSR count). The molecule has 0 spiro atoms. The zero-order valence-electron chi connectivity index (χ0n) is 11.0. The van der Waals surface area contributed by atoms with Gasteiger partial charge in [-0.3, -0.25) is 0 Å². The van der Waals surface area contributed by atoms with Crippen LogP contribution in [0.5, 0.6) is 0 Å². The van der Waals surface area contributed by atoms with E-state index in [9.17, 15) is 4.79 Å². The molecule has 0 aliphatic carbocycles. The molecule has 0 saturated carbocycles. The number of rotatable bonds is 5. The highest BCUT2D eigenvalue weighted by atomic mass is 35.5. The molecule has 106 valence electrons. The summed E-state index contributed by atoms with van der Waals surface area (Å²) in [7, 11) is 0. The van der Waals surface area contributed by atoms with Gasteiger partial charge in [0, 0.05) is 22.8 Å². The van der Waals surface area contributed by atoms with Crippen LogP contribution in [-0.4, -0.2) is 12.6 Å². The van der Waals surface area contributed by atoms with Gasteiger partial charge in [-0.15, -0.1) is 11.3 Å². The van der Waals surface area contributed by atoms with Crippen LogP contribution in [0.15, 0.2) is 30.3 Å². The van der Waals surface area contributed by atoms with Crippen LogP contribution in [0.3, 0.4) is 0 Å². The third kappa shape index (κ3) is 3.65. The number of anilines is 2. The zero-order valence-corrected chi connectivity index (χ0v) is 12.6. The highest BCUT2D eigenvalue weighted by Crippen LogP contribution is 2.24. The molecule has 0 aliphatic heterocycles. The Bertz CT molecular complexity index is 613. The second-order valence-corrected chi connectivity index (χ2v) is 5.88. The maximum Gasteiger partial charge on any atom is 0.340 e. The molecular weight excluding hydrogens is 296 g/mol. The van der Waals surface area contributed by atoms with E-state index in [2.05, 4.69) is 5.32 Å². The lowest BCUT2D eigenvalue weighted by Gasteiger charge is -2.11. The van der Waals surface area contributed by atoms with Crippen LogP contribution in [0.1, 0.15) is 22.2 Å². The second kappa shape index (κ2) is 6.63. The SMILES string of the molecule is CCOC(=O)c1cc(N)ccc1NCc1ccc(Cl)s1. The second-order valence-electron chi connectivity index (χ2n) is 4.08. The van der Waals surface area contributed by atoms with Gasteiger partial charge in [0.2, 0.25) is 0 Å². The van der Waals surface area contributed by atoms with Crippen molar-refractivity contribution >= 4 is 40.3 Å². The number of nitrogen functional groups attached to an aromatic ring is 1. The first-order chi connectivity index (χ1) is 9.60. The molecule has 1 heterocycles. The standard InChI is InChI=1S/C14H15ClN2O2S/c1-2-19-14(18)11-7-9(16)3-5-12(11)17-8-10-4-6-13(15)20-10/h3-7,17H,2,8,16H2,1H3. The van der Waals surface area contributed by atoms with Crippen molar-refractivity contribution in [1.29, 1.82) is 0 Å². The van der Waals surface area contributed by atoms with E-state index in [1.165, 1.54) is 11.3 Å². The Morgan fingerprint density at radius 2 is 2.20 bits per heavy atom. The van der Waals surface area contributed by atoms with E-state index in [1.807, 2.05) is 12.1 Å². The number of hydrogen-bond donors (Lipinski definition) is 2. The van der Waals surface area contributed by atoms with E-state index in [0.29, 0.717) is 30.1 Å². The number of esters is 1. The lowest BCUT2D eigenvalue weighted by Crippen LogP contribution is -2.10. The number of hydrogen-bond acceptors (Lipinski definition) is 5. The first-order valence-electron chi connectivity index (χ1n) is 6.15. The van der Waals surface area contributed by atoms with Gasteiger partial charge in [-0.1, -0.05) is 11.6 Å². The topological polar surface area (TPSA) is 64.3 Å². The van der Waals surface area contributed by atoms with Gasteiger partial charge in [0.15, 0.2) is 0 Å². The van der Waals surface area contributed by atoms with E-state index in [-0.39, 0.29) is 5.97 Å². The van der Waals surface area contributed by atoms with Crippen molar-refractivity contribution in [2.75, 3.05) is 17.7 Å². The fourth-order valence-corrected chi connectivity index (χ4v) is 2.75. The molecule has 1 aromatic heterocycles. The maximum atomic E-state index is 11.9. The van der Waals surface area contributed by atoms with E-state index in [0.717, 1.165) is 9.21 Å². The minimum Gasteiger partial charge on any atom is -0.462 e. The number of carbonyl (C=O) groups is 1. The van der Waals surface area contributed by atoms with Gasteiger partial charge in [-0.05, 0) is 37.3 Å². The summed E-state index contributed by atoms with van der Waals surface area (Å²) in [5.74, 6) is -0.383. The third-order valence-electron chi connectivity index (χ3n) is 2.62. The lowest BCUT2D eigenvalue weighted by molar-refractivity contribution is 0.0527. The van der Waals surface area contributed by atoms with Gasteiger partial charge >= 0.3 is 5.97 Å². The summed E-state index contributed by atoms with van der Waals surface area (Å²) >= 11 is 7.38. The zero-order chi connectivity index (χ0) is 14.5. The Kier molecular flexibility index (Phi) is 4.87. The van der Waals surface area contributed by atoms with Crippen molar-refractivity contribution in [3.05, 3.63) is 45.1 Å². The molecule has 4 nitrogen and oxygen atoms in total. The first-order valence-corrected chi connectivity index (χ1v) is 7.34. The summed E-state index contributed by atoms with van der Waals surface area (Å²) < 4.78 is 5.77. The molecule has 0 amide bonds. The van der Waals surface area contributed by atoms with Crippen LogP contribution in [0.25, 0.3) is 0 Å². The molecule has 0 bridgehead atoms. The minimum atomic E-state index is -0.383. The molecule has 6 heteroatoms. The van der Waals surface area contributed by atoms with Gasteiger partial charge in [-0.25, -0.2) is 4.79 Å². The smallest absolute Gasteiger partial charge is 0.340 e. The lowest BCUT2D eigenvalue weighted by atomic mass is 10.1. The Hall–Kier alpha value is -1.72. The first kappa shape index (κ1) is 14.7. The third-order valence-corrected chi connectivity index (χ3v) is 3.85. The number of nitrogens with one attached hydrogen (secondary N) is 1. The van der Waals surface area contributed by atoms with Crippen LogP contribution >= 0.6 is 22.9 Å². The number of nitrogens with two attached hydrogens (primary N) is 1. The largest absolute Gasteiger partial charge is 0.462 e. The van der Waals surface area contributed by atoms with Gasteiger partial charge in [0.1, 0.15) is 0 Å². The van der Waals surface area contributed by atoms with E-state index < -0.39 is 0 Å². The maximum absolute atomic E-state index is 11.9. The summed E-state index contributed by atoms with van der Waals surface area (Å²) in [4.78, 5) is 13.0. The number of halogens is 1. The van der Waals surface area contributed by atoms with E-state index in [4.69, 9.17) is 22.1 Å². The fourth-order valence-electron chi connectivity index (χ4n) is 1.72. The van der Waals surface area contributed by atoms with E-state index in [1.54, 1.807) is 25.1 Å². The summed E-state index contributed by atoms with van der Waals surface area (Å²) in [6.07, 6.45) is 0. The Labute approximate surface area is 126 Å². The molecule has 1 aromatic carbocycles. The van der Waals surface area contributed by atoms with Crippen LogP contribution in [0.4, 0.5) is 11.4 Å². The van der Waals surface area contributed by atoms with Crippen LogP contribution in [0, 0.1) is 0 Å². The summed E-state index contributed by atoms with van der Waals surface area (Å²) in [6.45, 7) is 2.69. The van der Waals surface area contributed by atoms with Crippen molar-refractivity contribution in [3.8, 4) is 0 Å². The molecule has 0 unspecified atom stereocenters. The highest BCUT2D eigenvalue weighted by molar-refractivity contribution is 7.16. The average molecular weight is 311 g/mol. The predicted molar refractivity (Wildman–Crippen MR) is 83.5 cm³/mol. The molecular formula is C14H15ClN2O2S. The Morgan fingerprint density at radius 3 is 2.85 bits per heavy atom. The molecule has 0 radical (unpaired) electrons. The van der Waals surface area contributed by atoms with Gasteiger partial charge in [-0.2, -0.15) is 0 Å². The molecule has 0 atom stereocenters. The fraction of sp³-hybridized carbons (Fsp3) is 0.214. The monoisotopic (exact) mass is 310 g/mol.